The van der Waals surface area contributed by atoms with Gasteiger partial charge in [0.2, 0.25) is 0 Å². The molecule has 0 aromatic heterocycles. The van der Waals surface area contributed by atoms with E-state index in [9.17, 15) is 9.90 Å². The molecule has 0 aliphatic carbocycles. The number of benzene rings is 2. The van der Waals surface area contributed by atoms with Crippen LogP contribution in [-0.2, 0) is 6.54 Å². The average Bonchev–Trinajstić information content (AvgIpc) is 2.48. The maximum absolute atomic E-state index is 12.1. The van der Waals surface area contributed by atoms with Crippen molar-refractivity contribution in [3.63, 3.8) is 0 Å². The summed E-state index contributed by atoms with van der Waals surface area (Å²) in [4.78, 5) is 12.1. The number of nitrogen functional groups attached to an aromatic ring is 1. The lowest BCUT2D eigenvalue weighted by molar-refractivity contribution is 0.0950. The van der Waals surface area contributed by atoms with Crippen LogP contribution in [0.2, 0.25) is 0 Å². The fourth-order valence-corrected chi connectivity index (χ4v) is 2.00. The number of rotatable bonds is 4. The van der Waals surface area contributed by atoms with Crippen molar-refractivity contribution in [2.75, 3.05) is 12.8 Å². The lowest BCUT2D eigenvalue weighted by Gasteiger charge is -2.10. The summed E-state index contributed by atoms with van der Waals surface area (Å²) in [5.74, 6) is -0.00158. The van der Waals surface area contributed by atoms with Gasteiger partial charge in [0.25, 0.3) is 5.91 Å². The summed E-state index contributed by atoms with van der Waals surface area (Å²) in [6.45, 7) is 2.29. The molecule has 0 saturated heterocycles. The third kappa shape index (κ3) is 3.25. The van der Waals surface area contributed by atoms with E-state index in [-0.39, 0.29) is 11.7 Å². The zero-order valence-electron chi connectivity index (χ0n) is 12.0. The quantitative estimate of drug-likeness (QED) is 0.752. The number of nitrogens with one attached hydrogen (secondary N) is 1. The number of hydrogen-bond donors (Lipinski definition) is 3. The molecule has 0 atom stereocenters. The summed E-state index contributed by atoms with van der Waals surface area (Å²) < 4.78 is 4.94. The van der Waals surface area contributed by atoms with E-state index >= 15 is 0 Å². The van der Waals surface area contributed by atoms with Crippen LogP contribution in [0.4, 0.5) is 5.69 Å². The Morgan fingerprint density at radius 1 is 1.33 bits per heavy atom. The molecule has 2 rings (SSSR count). The Kier molecular flexibility index (Phi) is 4.33. The molecule has 0 aliphatic heterocycles. The standard InChI is InChI=1S/C16H18N2O3/c1-10-12(4-3-5-13(10)17)9-18-16(20)11-6-7-15(21-2)14(19)8-11/h3-8,19H,9,17H2,1-2H3,(H,18,20). The molecule has 1 amide bonds. The molecule has 0 bridgehead atoms. The smallest absolute Gasteiger partial charge is 0.251 e. The lowest BCUT2D eigenvalue weighted by Crippen LogP contribution is -2.23. The highest BCUT2D eigenvalue weighted by Gasteiger charge is 2.10. The summed E-state index contributed by atoms with van der Waals surface area (Å²) in [7, 11) is 1.46. The SMILES string of the molecule is COc1ccc(C(=O)NCc2cccc(N)c2C)cc1O. The van der Waals surface area contributed by atoms with Crippen LogP contribution in [0.3, 0.4) is 0 Å². The van der Waals surface area contributed by atoms with E-state index in [2.05, 4.69) is 5.32 Å². The van der Waals surface area contributed by atoms with Crippen molar-refractivity contribution in [1.29, 1.82) is 0 Å². The van der Waals surface area contributed by atoms with Crippen molar-refractivity contribution in [3.05, 3.63) is 53.1 Å². The van der Waals surface area contributed by atoms with Crippen LogP contribution in [0, 0.1) is 6.92 Å². The van der Waals surface area contributed by atoms with Gasteiger partial charge < -0.3 is 20.9 Å². The number of hydrogen-bond acceptors (Lipinski definition) is 4. The molecule has 0 aliphatic rings. The molecule has 0 heterocycles. The van der Waals surface area contributed by atoms with Crippen molar-refractivity contribution in [3.8, 4) is 11.5 Å². The van der Waals surface area contributed by atoms with Crippen LogP contribution in [0.1, 0.15) is 21.5 Å². The number of anilines is 1. The van der Waals surface area contributed by atoms with Gasteiger partial charge >= 0.3 is 0 Å². The van der Waals surface area contributed by atoms with Crippen LogP contribution in [0.15, 0.2) is 36.4 Å². The predicted molar refractivity (Wildman–Crippen MR) is 81.4 cm³/mol. The van der Waals surface area contributed by atoms with Gasteiger partial charge in [-0.05, 0) is 42.3 Å². The molecule has 4 N–H and O–H groups in total. The molecule has 21 heavy (non-hydrogen) atoms. The predicted octanol–water partition coefficient (Wildman–Crippen LogP) is 2.22. The molecule has 2 aromatic carbocycles. The van der Waals surface area contributed by atoms with E-state index in [1.165, 1.54) is 13.2 Å². The molecule has 0 fully saturated rings. The van der Waals surface area contributed by atoms with Gasteiger partial charge in [-0.25, -0.2) is 0 Å². The number of amides is 1. The van der Waals surface area contributed by atoms with Crippen LogP contribution in [0.25, 0.3) is 0 Å². The Morgan fingerprint density at radius 3 is 2.76 bits per heavy atom. The van der Waals surface area contributed by atoms with Crippen molar-refractivity contribution in [2.45, 2.75) is 13.5 Å². The first kappa shape index (κ1) is 14.7. The van der Waals surface area contributed by atoms with E-state index in [0.717, 1.165) is 11.1 Å². The van der Waals surface area contributed by atoms with Crippen molar-refractivity contribution in [2.24, 2.45) is 0 Å². The minimum absolute atomic E-state index is 0.0645. The van der Waals surface area contributed by atoms with E-state index in [4.69, 9.17) is 10.5 Å². The number of nitrogens with two attached hydrogens (primary N) is 1. The topological polar surface area (TPSA) is 84.6 Å². The number of phenols is 1. The second-order valence-electron chi connectivity index (χ2n) is 4.70. The molecule has 0 radical (unpaired) electrons. The third-order valence-corrected chi connectivity index (χ3v) is 3.37. The Morgan fingerprint density at radius 2 is 2.10 bits per heavy atom. The minimum Gasteiger partial charge on any atom is -0.504 e. The summed E-state index contributed by atoms with van der Waals surface area (Å²) >= 11 is 0. The first-order chi connectivity index (χ1) is 10.0. The summed E-state index contributed by atoms with van der Waals surface area (Å²) in [6.07, 6.45) is 0. The maximum Gasteiger partial charge on any atom is 0.251 e. The Labute approximate surface area is 123 Å². The molecule has 110 valence electrons. The zero-order valence-corrected chi connectivity index (χ0v) is 12.0. The Balaban J connectivity index is 2.08. The van der Waals surface area contributed by atoms with Gasteiger partial charge in [0.05, 0.1) is 7.11 Å². The zero-order chi connectivity index (χ0) is 15.4. The Hall–Kier alpha value is -2.69. The first-order valence-electron chi connectivity index (χ1n) is 6.52. The number of ether oxygens (including phenoxy) is 1. The fourth-order valence-electron chi connectivity index (χ4n) is 2.00. The van der Waals surface area contributed by atoms with Gasteiger partial charge in [-0.2, -0.15) is 0 Å². The number of methoxy groups -OCH3 is 1. The van der Waals surface area contributed by atoms with Crippen molar-refractivity contribution in [1.82, 2.24) is 5.32 Å². The monoisotopic (exact) mass is 286 g/mol. The first-order valence-corrected chi connectivity index (χ1v) is 6.52. The lowest BCUT2D eigenvalue weighted by atomic mass is 10.1. The van der Waals surface area contributed by atoms with Gasteiger partial charge in [-0.1, -0.05) is 12.1 Å². The van der Waals surface area contributed by atoms with E-state index in [0.29, 0.717) is 23.5 Å². The molecule has 0 unspecified atom stereocenters. The molecule has 2 aromatic rings. The second kappa shape index (κ2) is 6.17. The minimum atomic E-state index is -0.269. The summed E-state index contributed by atoms with van der Waals surface area (Å²) in [5.41, 5.74) is 8.81. The van der Waals surface area contributed by atoms with Crippen molar-refractivity contribution < 1.29 is 14.6 Å². The molecular weight excluding hydrogens is 268 g/mol. The molecule has 5 nitrogen and oxygen atoms in total. The van der Waals surface area contributed by atoms with Crippen LogP contribution in [0.5, 0.6) is 11.5 Å². The average molecular weight is 286 g/mol. The second-order valence-corrected chi connectivity index (χ2v) is 4.70. The highest BCUT2D eigenvalue weighted by atomic mass is 16.5. The largest absolute Gasteiger partial charge is 0.504 e. The van der Waals surface area contributed by atoms with Gasteiger partial charge in [0, 0.05) is 17.8 Å². The highest BCUT2D eigenvalue weighted by Crippen LogP contribution is 2.26. The molecular formula is C16H18N2O3. The maximum atomic E-state index is 12.1. The van der Waals surface area contributed by atoms with Gasteiger partial charge in [0.15, 0.2) is 11.5 Å². The summed E-state index contributed by atoms with van der Waals surface area (Å²) in [5, 5.41) is 12.5. The summed E-state index contributed by atoms with van der Waals surface area (Å²) in [6, 6.07) is 10.1. The van der Waals surface area contributed by atoms with Gasteiger partial charge in [-0.3, -0.25) is 4.79 Å². The fraction of sp³-hybridized carbons (Fsp3) is 0.188. The van der Waals surface area contributed by atoms with Crippen LogP contribution in [-0.4, -0.2) is 18.1 Å². The van der Waals surface area contributed by atoms with E-state index in [1.807, 2.05) is 25.1 Å². The number of carbonyl (C=O) groups excluding carboxylic acids is 1. The number of aromatic hydroxyl groups is 1. The molecule has 0 saturated carbocycles. The molecule has 0 spiro atoms. The number of phenolic OH excluding ortho intramolecular Hbond substituents is 1. The third-order valence-electron chi connectivity index (χ3n) is 3.37. The van der Waals surface area contributed by atoms with Crippen molar-refractivity contribution >= 4 is 11.6 Å². The highest BCUT2D eigenvalue weighted by molar-refractivity contribution is 5.94. The van der Waals surface area contributed by atoms with E-state index in [1.54, 1.807) is 12.1 Å². The normalized spacial score (nSPS) is 10.2. The van der Waals surface area contributed by atoms with Gasteiger partial charge in [-0.15, -0.1) is 0 Å². The van der Waals surface area contributed by atoms with Crippen LogP contribution < -0.4 is 15.8 Å². The Bertz CT molecular complexity index is 669. The molecule has 5 heteroatoms. The number of carbonyl (C=O) groups is 1. The van der Waals surface area contributed by atoms with E-state index < -0.39 is 0 Å². The van der Waals surface area contributed by atoms with Crippen LogP contribution >= 0.6 is 0 Å². The van der Waals surface area contributed by atoms with Gasteiger partial charge in [0.1, 0.15) is 0 Å².